The standard InChI is InChI=1S/C13H19NO4S2/c1-13(5-3-2-4-6-13)9-14-20(17,18)11-7-10(8-19-11)12(15)16/h7-8,14H,2-6,9H2,1H3,(H,15,16). The van der Waals surface area contributed by atoms with Crippen LogP contribution in [0.1, 0.15) is 49.4 Å². The molecule has 20 heavy (non-hydrogen) atoms. The fourth-order valence-corrected chi connectivity index (χ4v) is 4.89. The molecule has 0 bridgehead atoms. The quantitative estimate of drug-likeness (QED) is 0.874. The molecule has 1 aliphatic rings. The van der Waals surface area contributed by atoms with Crippen LogP contribution in [0.5, 0.6) is 0 Å². The molecule has 0 spiro atoms. The van der Waals surface area contributed by atoms with Gasteiger partial charge in [0.2, 0.25) is 10.0 Å². The van der Waals surface area contributed by atoms with Gasteiger partial charge in [0.15, 0.2) is 0 Å². The number of sulfonamides is 1. The van der Waals surface area contributed by atoms with Crippen LogP contribution in [-0.2, 0) is 10.0 Å². The van der Waals surface area contributed by atoms with Crippen molar-refractivity contribution >= 4 is 27.3 Å². The summed E-state index contributed by atoms with van der Waals surface area (Å²) in [7, 11) is -3.61. The Morgan fingerprint density at radius 2 is 2.05 bits per heavy atom. The molecule has 0 amide bonds. The second-order valence-electron chi connectivity index (χ2n) is 5.66. The summed E-state index contributed by atoms with van der Waals surface area (Å²) in [5.41, 5.74) is 0.0253. The minimum Gasteiger partial charge on any atom is -0.478 e. The number of carbonyl (C=O) groups is 1. The Balaban J connectivity index is 2.05. The van der Waals surface area contributed by atoms with Gasteiger partial charge in [-0.1, -0.05) is 26.2 Å². The van der Waals surface area contributed by atoms with E-state index in [1.807, 2.05) is 0 Å². The predicted molar refractivity (Wildman–Crippen MR) is 77.7 cm³/mol. The van der Waals surface area contributed by atoms with E-state index >= 15 is 0 Å². The van der Waals surface area contributed by atoms with Crippen LogP contribution in [0.15, 0.2) is 15.7 Å². The lowest BCUT2D eigenvalue weighted by Crippen LogP contribution is -2.36. The van der Waals surface area contributed by atoms with Crippen LogP contribution in [0, 0.1) is 5.41 Å². The molecule has 5 nitrogen and oxygen atoms in total. The zero-order valence-electron chi connectivity index (χ0n) is 11.4. The van der Waals surface area contributed by atoms with Gasteiger partial charge in [0.05, 0.1) is 5.56 Å². The highest BCUT2D eigenvalue weighted by atomic mass is 32.2. The van der Waals surface area contributed by atoms with E-state index < -0.39 is 16.0 Å². The maximum absolute atomic E-state index is 12.2. The lowest BCUT2D eigenvalue weighted by Gasteiger charge is -2.33. The third-order valence-corrected chi connectivity index (χ3v) is 6.68. The number of carboxylic acids is 1. The topological polar surface area (TPSA) is 83.5 Å². The second kappa shape index (κ2) is 5.83. The van der Waals surface area contributed by atoms with E-state index in [2.05, 4.69) is 11.6 Å². The van der Waals surface area contributed by atoms with Crippen molar-refractivity contribution in [2.45, 2.75) is 43.2 Å². The Bertz CT molecular complexity index is 585. The molecule has 7 heteroatoms. The Morgan fingerprint density at radius 3 is 2.60 bits per heavy atom. The van der Waals surface area contributed by atoms with Crippen molar-refractivity contribution < 1.29 is 18.3 Å². The summed E-state index contributed by atoms with van der Waals surface area (Å²) in [5, 5.41) is 10.2. The summed E-state index contributed by atoms with van der Waals surface area (Å²) >= 11 is 0.939. The highest BCUT2D eigenvalue weighted by Gasteiger charge is 2.29. The van der Waals surface area contributed by atoms with Gasteiger partial charge >= 0.3 is 5.97 Å². The molecule has 1 saturated carbocycles. The van der Waals surface area contributed by atoms with E-state index in [1.54, 1.807) is 0 Å². The third kappa shape index (κ3) is 3.59. The molecule has 1 aromatic heterocycles. The van der Waals surface area contributed by atoms with Crippen molar-refractivity contribution in [1.82, 2.24) is 4.72 Å². The number of rotatable bonds is 5. The zero-order chi connectivity index (χ0) is 14.8. The fourth-order valence-electron chi connectivity index (χ4n) is 2.49. The van der Waals surface area contributed by atoms with Crippen molar-refractivity contribution in [3.05, 3.63) is 17.0 Å². The van der Waals surface area contributed by atoms with Gasteiger partial charge in [-0.15, -0.1) is 11.3 Å². The van der Waals surface area contributed by atoms with Crippen LogP contribution in [0.3, 0.4) is 0 Å². The molecule has 1 aromatic rings. The molecule has 112 valence electrons. The number of hydrogen-bond acceptors (Lipinski definition) is 4. The van der Waals surface area contributed by atoms with Crippen LogP contribution in [0.25, 0.3) is 0 Å². The summed E-state index contributed by atoms with van der Waals surface area (Å²) in [5.74, 6) is -1.11. The van der Waals surface area contributed by atoms with E-state index in [4.69, 9.17) is 5.11 Å². The highest BCUT2D eigenvalue weighted by Crippen LogP contribution is 2.35. The molecular formula is C13H19NO4S2. The highest BCUT2D eigenvalue weighted by molar-refractivity contribution is 7.91. The van der Waals surface area contributed by atoms with E-state index in [-0.39, 0.29) is 15.2 Å². The van der Waals surface area contributed by atoms with Crippen LogP contribution < -0.4 is 4.72 Å². The Hall–Kier alpha value is -0.920. The van der Waals surface area contributed by atoms with Gasteiger partial charge in [-0.2, -0.15) is 0 Å². The molecular weight excluding hydrogens is 298 g/mol. The van der Waals surface area contributed by atoms with Crippen LogP contribution in [-0.4, -0.2) is 26.0 Å². The SMILES string of the molecule is CC1(CNS(=O)(=O)c2cc(C(=O)O)cs2)CCCCC1. The van der Waals surface area contributed by atoms with Crippen molar-refractivity contribution in [1.29, 1.82) is 0 Å². The monoisotopic (exact) mass is 317 g/mol. The van der Waals surface area contributed by atoms with Crippen LogP contribution in [0.4, 0.5) is 0 Å². The average Bonchev–Trinajstić information content (AvgIpc) is 2.88. The summed E-state index contributed by atoms with van der Waals surface area (Å²) in [6.45, 7) is 2.52. The molecule has 0 atom stereocenters. The zero-order valence-corrected chi connectivity index (χ0v) is 13.0. The van der Waals surface area contributed by atoms with Gasteiger partial charge in [0.1, 0.15) is 4.21 Å². The second-order valence-corrected chi connectivity index (χ2v) is 8.56. The van der Waals surface area contributed by atoms with Crippen LogP contribution in [0.2, 0.25) is 0 Å². The number of aromatic carboxylic acids is 1. The Labute approximate surface area is 123 Å². The minimum atomic E-state index is -3.61. The first-order valence-electron chi connectivity index (χ1n) is 6.64. The van der Waals surface area contributed by atoms with Gasteiger partial charge < -0.3 is 5.11 Å². The van der Waals surface area contributed by atoms with Crippen molar-refractivity contribution in [2.24, 2.45) is 5.41 Å². The van der Waals surface area contributed by atoms with Gasteiger partial charge in [-0.05, 0) is 24.3 Å². The molecule has 0 aromatic carbocycles. The predicted octanol–water partition coefficient (Wildman–Crippen LogP) is 2.70. The molecule has 0 unspecified atom stereocenters. The summed E-state index contributed by atoms with van der Waals surface area (Å²) in [6, 6.07) is 1.21. The summed E-state index contributed by atoms with van der Waals surface area (Å²) in [6.07, 6.45) is 5.55. The first-order valence-corrected chi connectivity index (χ1v) is 9.00. The van der Waals surface area contributed by atoms with Gasteiger partial charge in [-0.25, -0.2) is 17.9 Å². The number of carboxylic acid groups (broad SMARTS) is 1. The van der Waals surface area contributed by atoms with E-state index in [0.717, 1.165) is 37.0 Å². The third-order valence-electron chi connectivity index (χ3n) is 3.84. The maximum atomic E-state index is 12.2. The van der Waals surface area contributed by atoms with Crippen LogP contribution >= 0.6 is 11.3 Å². The van der Waals surface area contributed by atoms with E-state index in [1.165, 1.54) is 17.9 Å². The Kier molecular flexibility index (Phi) is 4.51. The normalized spacial score (nSPS) is 18.9. The number of hydrogen-bond donors (Lipinski definition) is 2. The van der Waals surface area contributed by atoms with Gasteiger partial charge in [0, 0.05) is 11.9 Å². The first kappa shape index (κ1) is 15.5. The van der Waals surface area contributed by atoms with E-state index in [0.29, 0.717) is 6.54 Å². The van der Waals surface area contributed by atoms with Gasteiger partial charge in [-0.3, -0.25) is 0 Å². The summed E-state index contributed by atoms with van der Waals surface area (Å²) < 4.78 is 27.0. The van der Waals surface area contributed by atoms with E-state index in [9.17, 15) is 13.2 Å². The molecule has 1 fully saturated rings. The lowest BCUT2D eigenvalue weighted by atomic mass is 9.76. The summed E-state index contributed by atoms with van der Waals surface area (Å²) in [4.78, 5) is 10.8. The smallest absolute Gasteiger partial charge is 0.336 e. The molecule has 0 saturated heterocycles. The molecule has 1 heterocycles. The fraction of sp³-hybridized carbons (Fsp3) is 0.615. The van der Waals surface area contributed by atoms with Crippen molar-refractivity contribution in [3.8, 4) is 0 Å². The van der Waals surface area contributed by atoms with Gasteiger partial charge in [0.25, 0.3) is 0 Å². The number of nitrogens with one attached hydrogen (secondary N) is 1. The molecule has 2 rings (SSSR count). The minimum absolute atomic E-state index is 0.0121. The van der Waals surface area contributed by atoms with Crippen molar-refractivity contribution in [3.63, 3.8) is 0 Å². The maximum Gasteiger partial charge on any atom is 0.336 e. The number of thiophene rings is 1. The first-order chi connectivity index (χ1) is 9.32. The van der Waals surface area contributed by atoms with Crippen molar-refractivity contribution in [2.75, 3.05) is 6.54 Å². The average molecular weight is 317 g/mol. The molecule has 0 aliphatic heterocycles. The Morgan fingerprint density at radius 1 is 1.40 bits per heavy atom. The molecule has 2 N–H and O–H groups in total. The largest absolute Gasteiger partial charge is 0.478 e. The lowest BCUT2D eigenvalue weighted by molar-refractivity contribution is 0.0697. The molecule has 1 aliphatic carbocycles. The molecule has 0 radical (unpaired) electrons.